The van der Waals surface area contributed by atoms with Crippen LogP contribution >= 0.6 is 0 Å². The number of carboxylic acids is 1. The van der Waals surface area contributed by atoms with Gasteiger partial charge in [0.15, 0.2) is 0 Å². The Labute approximate surface area is 118 Å². The third-order valence-corrected chi connectivity index (χ3v) is 3.71. The van der Waals surface area contributed by atoms with Crippen LogP contribution < -0.4 is 14.2 Å². The summed E-state index contributed by atoms with van der Waals surface area (Å²) in [7, 11) is 4.72. The zero-order chi connectivity index (χ0) is 14.7. The summed E-state index contributed by atoms with van der Waals surface area (Å²) in [5.41, 5.74) is 0.834. The molecule has 1 aliphatic rings. The molecular weight excluding hydrogens is 260 g/mol. The standard InChI is InChI=1S/C15H20O5/c1-18-10-6-12(19-2)15(13(7-10)20-3)11(8-14(16)17)9-4-5-9/h6-7,9,11H,4-5,8H2,1-3H3,(H,16,17). The molecule has 0 bridgehead atoms. The van der Waals surface area contributed by atoms with E-state index >= 15 is 0 Å². The highest BCUT2D eigenvalue weighted by atomic mass is 16.5. The number of rotatable bonds is 7. The molecule has 0 saturated heterocycles. The maximum Gasteiger partial charge on any atom is 0.303 e. The van der Waals surface area contributed by atoms with Crippen LogP contribution in [0.1, 0.15) is 30.7 Å². The largest absolute Gasteiger partial charge is 0.496 e. The lowest BCUT2D eigenvalue weighted by molar-refractivity contribution is -0.137. The molecule has 5 heteroatoms. The van der Waals surface area contributed by atoms with Gasteiger partial charge in [-0.1, -0.05) is 0 Å². The Morgan fingerprint density at radius 2 is 1.75 bits per heavy atom. The minimum absolute atomic E-state index is 0.0803. The Hall–Kier alpha value is -1.91. The first kappa shape index (κ1) is 14.5. The van der Waals surface area contributed by atoms with Crippen LogP contribution in [-0.2, 0) is 4.79 Å². The molecule has 1 N–H and O–H groups in total. The highest BCUT2D eigenvalue weighted by Crippen LogP contribution is 2.50. The van der Waals surface area contributed by atoms with Crippen molar-refractivity contribution in [3.05, 3.63) is 17.7 Å². The Balaban J connectivity index is 2.48. The molecule has 0 aromatic heterocycles. The van der Waals surface area contributed by atoms with Gasteiger partial charge in [0.05, 0.1) is 27.8 Å². The van der Waals surface area contributed by atoms with Crippen LogP contribution in [0.5, 0.6) is 17.2 Å². The van der Waals surface area contributed by atoms with Crippen molar-refractivity contribution in [1.82, 2.24) is 0 Å². The van der Waals surface area contributed by atoms with Gasteiger partial charge in [0.1, 0.15) is 17.2 Å². The third kappa shape index (κ3) is 2.98. The summed E-state index contributed by atoms with van der Waals surface area (Å²) in [6.45, 7) is 0. The molecule has 1 saturated carbocycles. The van der Waals surface area contributed by atoms with Crippen molar-refractivity contribution in [1.29, 1.82) is 0 Å². The predicted octanol–water partition coefficient (Wildman–Crippen LogP) is 2.68. The zero-order valence-corrected chi connectivity index (χ0v) is 12.0. The maximum atomic E-state index is 11.1. The predicted molar refractivity (Wildman–Crippen MR) is 73.8 cm³/mol. The van der Waals surface area contributed by atoms with E-state index in [0.717, 1.165) is 18.4 Å². The fourth-order valence-corrected chi connectivity index (χ4v) is 2.59. The van der Waals surface area contributed by atoms with Gasteiger partial charge in [0, 0.05) is 23.6 Å². The average molecular weight is 280 g/mol. The van der Waals surface area contributed by atoms with E-state index in [1.165, 1.54) is 0 Å². The minimum Gasteiger partial charge on any atom is -0.496 e. The van der Waals surface area contributed by atoms with E-state index in [2.05, 4.69) is 0 Å². The summed E-state index contributed by atoms with van der Waals surface area (Å²) < 4.78 is 16.1. The molecule has 0 amide bonds. The number of hydrogen-bond acceptors (Lipinski definition) is 4. The summed E-state index contributed by atoms with van der Waals surface area (Å²) in [5.74, 6) is 1.39. The first-order chi connectivity index (χ1) is 9.60. The second-order valence-corrected chi connectivity index (χ2v) is 4.99. The Kier molecular flexibility index (Phi) is 4.37. The van der Waals surface area contributed by atoms with Gasteiger partial charge in [-0.25, -0.2) is 0 Å². The van der Waals surface area contributed by atoms with E-state index in [1.54, 1.807) is 33.5 Å². The molecule has 1 aromatic rings. The topological polar surface area (TPSA) is 65.0 Å². The first-order valence-corrected chi connectivity index (χ1v) is 6.62. The van der Waals surface area contributed by atoms with E-state index in [9.17, 15) is 4.79 Å². The van der Waals surface area contributed by atoms with Crippen LogP contribution in [0.3, 0.4) is 0 Å². The van der Waals surface area contributed by atoms with E-state index in [0.29, 0.717) is 23.2 Å². The van der Waals surface area contributed by atoms with Gasteiger partial charge in [-0.3, -0.25) is 4.79 Å². The van der Waals surface area contributed by atoms with Crippen molar-refractivity contribution in [2.24, 2.45) is 5.92 Å². The molecular formula is C15H20O5. The van der Waals surface area contributed by atoms with Crippen molar-refractivity contribution in [2.75, 3.05) is 21.3 Å². The summed E-state index contributed by atoms with van der Waals surface area (Å²) in [5, 5.41) is 9.14. The zero-order valence-electron chi connectivity index (χ0n) is 12.0. The van der Waals surface area contributed by atoms with E-state index in [1.807, 2.05) is 0 Å². The Morgan fingerprint density at radius 1 is 1.20 bits per heavy atom. The van der Waals surface area contributed by atoms with Crippen molar-refractivity contribution in [3.63, 3.8) is 0 Å². The number of ether oxygens (including phenoxy) is 3. The normalized spacial score (nSPS) is 15.6. The molecule has 1 atom stereocenters. The van der Waals surface area contributed by atoms with Gasteiger partial charge < -0.3 is 19.3 Å². The highest BCUT2D eigenvalue weighted by Gasteiger charge is 2.37. The number of hydrogen-bond donors (Lipinski definition) is 1. The SMILES string of the molecule is COc1cc(OC)c(C(CC(=O)O)C2CC2)c(OC)c1. The van der Waals surface area contributed by atoms with Gasteiger partial charge >= 0.3 is 5.97 Å². The molecule has 0 aliphatic heterocycles. The molecule has 1 aromatic carbocycles. The van der Waals surface area contributed by atoms with Crippen molar-refractivity contribution in [3.8, 4) is 17.2 Å². The van der Waals surface area contributed by atoms with E-state index < -0.39 is 5.97 Å². The maximum absolute atomic E-state index is 11.1. The fraction of sp³-hybridized carbons (Fsp3) is 0.533. The molecule has 1 fully saturated rings. The molecule has 20 heavy (non-hydrogen) atoms. The second-order valence-electron chi connectivity index (χ2n) is 4.99. The van der Waals surface area contributed by atoms with Crippen LogP contribution in [0.2, 0.25) is 0 Å². The van der Waals surface area contributed by atoms with Crippen LogP contribution in [-0.4, -0.2) is 32.4 Å². The van der Waals surface area contributed by atoms with Gasteiger partial charge in [0.2, 0.25) is 0 Å². The van der Waals surface area contributed by atoms with E-state index in [4.69, 9.17) is 19.3 Å². The molecule has 0 spiro atoms. The summed E-state index contributed by atoms with van der Waals surface area (Å²) in [6, 6.07) is 3.55. The van der Waals surface area contributed by atoms with Gasteiger partial charge in [0.25, 0.3) is 0 Å². The lowest BCUT2D eigenvalue weighted by Gasteiger charge is -2.21. The van der Waals surface area contributed by atoms with Gasteiger partial charge in [-0.2, -0.15) is 0 Å². The fourth-order valence-electron chi connectivity index (χ4n) is 2.59. The molecule has 110 valence electrons. The second kappa shape index (κ2) is 6.03. The highest BCUT2D eigenvalue weighted by molar-refractivity contribution is 5.69. The van der Waals surface area contributed by atoms with Crippen LogP contribution in [0.15, 0.2) is 12.1 Å². The lowest BCUT2D eigenvalue weighted by atomic mass is 9.89. The van der Waals surface area contributed by atoms with Crippen LogP contribution in [0, 0.1) is 5.92 Å². The Morgan fingerprint density at radius 3 is 2.10 bits per heavy atom. The molecule has 1 unspecified atom stereocenters. The van der Waals surface area contributed by atoms with E-state index in [-0.39, 0.29) is 12.3 Å². The molecule has 1 aliphatic carbocycles. The summed E-state index contributed by atoms with van der Waals surface area (Å²) in [4.78, 5) is 11.1. The van der Waals surface area contributed by atoms with Crippen molar-refractivity contribution >= 4 is 5.97 Å². The third-order valence-electron chi connectivity index (χ3n) is 3.71. The smallest absolute Gasteiger partial charge is 0.303 e. The van der Waals surface area contributed by atoms with Crippen LogP contribution in [0.25, 0.3) is 0 Å². The number of carboxylic acid groups (broad SMARTS) is 1. The van der Waals surface area contributed by atoms with Gasteiger partial charge in [-0.15, -0.1) is 0 Å². The molecule has 2 rings (SSSR count). The monoisotopic (exact) mass is 280 g/mol. The lowest BCUT2D eigenvalue weighted by Crippen LogP contribution is -2.11. The number of methoxy groups -OCH3 is 3. The Bertz CT molecular complexity index is 468. The number of carbonyl (C=O) groups is 1. The minimum atomic E-state index is -0.804. The molecule has 5 nitrogen and oxygen atoms in total. The summed E-state index contributed by atoms with van der Waals surface area (Å²) >= 11 is 0. The molecule has 0 heterocycles. The number of aliphatic carboxylic acids is 1. The molecule has 0 radical (unpaired) electrons. The summed E-state index contributed by atoms with van der Waals surface area (Å²) in [6.07, 6.45) is 2.19. The van der Waals surface area contributed by atoms with Gasteiger partial charge in [-0.05, 0) is 18.8 Å². The first-order valence-electron chi connectivity index (χ1n) is 6.62. The van der Waals surface area contributed by atoms with Crippen molar-refractivity contribution < 1.29 is 24.1 Å². The average Bonchev–Trinajstić information content (AvgIpc) is 3.27. The quantitative estimate of drug-likeness (QED) is 0.832. The van der Waals surface area contributed by atoms with Crippen LogP contribution in [0.4, 0.5) is 0 Å². The van der Waals surface area contributed by atoms with Crippen molar-refractivity contribution in [2.45, 2.75) is 25.2 Å². The number of benzene rings is 1.